The number of amides is 1. The highest BCUT2D eigenvalue weighted by Gasteiger charge is 2.23. The molecule has 3 aromatic rings. The Balaban J connectivity index is 1.68. The molecule has 23 heavy (non-hydrogen) atoms. The van der Waals surface area contributed by atoms with Crippen molar-refractivity contribution in [2.45, 2.75) is 32.2 Å². The zero-order valence-electron chi connectivity index (χ0n) is 13.1. The van der Waals surface area contributed by atoms with Gasteiger partial charge in [-0.2, -0.15) is 0 Å². The molecule has 1 aliphatic carbocycles. The number of hydrogen-bond acceptors (Lipinski definition) is 2. The third kappa shape index (κ3) is 2.84. The number of hydrogen-bond donors (Lipinski definition) is 2. The first kappa shape index (κ1) is 14.0. The van der Waals surface area contributed by atoms with E-state index in [1.807, 2.05) is 24.5 Å². The van der Waals surface area contributed by atoms with Crippen molar-refractivity contribution < 1.29 is 4.79 Å². The smallest absolute Gasteiger partial charge is 0.224 e. The maximum atomic E-state index is 12.1. The van der Waals surface area contributed by atoms with Gasteiger partial charge in [-0.3, -0.25) is 4.79 Å². The minimum absolute atomic E-state index is 0.0923. The van der Waals surface area contributed by atoms with Crippen molar-refractivity contribution in [2.75, 3.05) is 0 Å². The van der Waals surface area contributed by atoms with Gasteiger partial charge in [-0.15, -0.1) is 0 Å². The van der Waals surface area contributed by atoms with E-state index < -0.39 is 0 Å². The number of pyridine rings is 1. The minimum Gasteiger partial charge on any atom is -0.353 e. The van der Waals surface area contributed by atoms with E-state index in [1.165, 1.54) is 11.1 Å². The summed E-state index contributed by atoms with van der Waals surface area (Å²) in [5.74, 6) is 0.0923. The molecule has 4 nitrogen and oxygen atoms in total. The predicted molar refractivity (Wildman–Crippen MR) is 91.1 cm³/mol. The molecule has 0 atom stereocenters. The summed E-state index contributed by atoms with van der Waals surface area (Å²) in [5.41, 5.74) is 5.31. The third-order valence-electron chi connectivity index (χ3n) is 4.37. The summed E-state index contributed by atoms with van der Waals surface area (Å²) in [4.78, 5) is 19.7. The van der Waals surface area contributed by atoms with E-state index >= 15 is 0 Å². The molecule has 1 aliphatic rings. The molecule has 1 aromatic carbocycles. The van der Waals surface area contributed by atoms with Crippen molar-refractivity contribution in [2.24, 2.45) is 0 Å². The van der Waals surface area contributed by atoms with Crippen molar-refractivity contribution in [3.8, 4) is 11.1 Å². The number of nitrogens with zero attached hydrogens (tertiary/aromatic N) is 1. The van der Waals surface area contributed by atoms with Gasteiger partial charge in [0.05, 0.1) is 6.42 Å². The van der Waals surface area contributed by atoms with E-state index in [2.05, 4.69) is 40.4 Å². The van der Waals surface area contributed by atoms with Gasteiger partial charge in [-0.1, -0.05) is 24.3 Å². The lowest BCUT2D eigenvalue weighted by atomic mass is 10.0. The Morgan fingerprint density at radius 3 is 2.96 bits per heavy atom. The molecular formula is C19H19N3O. The van der Waals surface area contributed by atoms with Crippen molar-refractivity contribution in [3.63, 3.8) is 0 Å². The van der Waals surface area contributed by atoms with Crippen LogP contribution >= 0.6 is 0 Å². The molecule has 2 N–H and O–H groups in total. The summed E-state index contributed by atoms with van der Waals surface area (Å²) in [6, 6.07) is 10.8. The highest BCUT2D eigenvalue weighted by molar-refractivity contribution is 5.89. The van der Waals surface area contributed by atoms with Crippen LogP contribution in [-0.2, 0) is 11.2 Å². The van der Waals surface area contributed by atoms with Crippen LogP contribution in [0.1, 0.15) is 24.0 Å². The number of carbonyl (C=O) groups is 1. The standard InChI is InChI=1S/C19H19N3O/c1-12-4-2-3-5-16(12)13-8-17-14(11-21-19(17)20-10-13)9-18(23)22-15-6-7-15/h2-5,8,10-11,15H,6-7,9H2,1H3,(H,20,21)(H,22,23). The van der Waals surface area contributed by atoms with Crippen LogP contribution in [0.25, 0.3) is 22.2 Å². The molecule has 0 spiro atoms. The number of carbonyl (C=O) groups excluding carboxylic acids is 1. The third-order valence-corrected chi connectivity index (χ3v) is 4.37. The van der Waals surface area contributed by atoms with Gasteiger partial charge in [0.25, 0.3) is 0 Å². The van der Waals surface area contributed by atoms with Gasteiger partial charge in [-0.05, 0) is 42.5 Å². The highest BCUT2D eigenvalue weighted by atomic mass is 16.1. The first-order valence-electron chi connectivity index (χ1n) is 8.02. The molecular weight excluding hydrogens is 286 g/mol. The Kier molecular flexibility index (Phi) is 3.37. The lowest BCUT2D eigenvalue weighted by Gasteiger charge is -2.06. The molecule has 0 radical (unpaired) electrons. The van der Waals surface area contributed by atoms with Crippen molar-refractivity contribution in [3.05, 3.63) is 53.9 Å². The summed E-state index contributed by atoms with van der Waals surface area (Å²) in [6.07, 6.45) is 6.40. The maximum absolute atomic E-state index is 12.1. The summed E-state index contributed by atoms with van der Waals surface area (Å²) < 4.78 is 0. The van der Waals surface area contributed by atoms with Gasteiger partial charge in [0.1, 0.15) is 5.65 Å². The fourth-order valence-corrected chi connectivity index (χ4v) is 2.93. The van der Waals surface area contributed by atoms with Gasteiger partial charge in [-0.25, -0.2) is 4.98 Å². The van der Waals surface area contributed by atoms with Crippen LogP contribution in [0.5, 0.6) is 0 Å². The zero-order valence-corrected chi connectivity index (χ0v) is 13.1. The van der Waals surface area contributed by atoms with Crippen LogP contribution in [0.4, 0.5) is 0 Å². The lowest BCUT2D eigenvalue weighted by Crippen LogP contribution is -2.26. The summed E-state index contributed by atoms with van der Waals surface area (Å²) in [5, 5.41) is 4.06. The molecule has 2 heterocycles. The van der Waals surface area contributed by atoms with Crippen molar-refractivity contribution in [1.82, 2.24) is 15.3 Å². The topological polar surface area (TPSA) is 57.8 Å². The molecule has 1 amide bonds. The number of fused-ring (bicyclic) bond motifs is 1. The first-order chi connectivity index (χ1) is 11.2. The number of aryl methyl sites for hydroxylation is 1. The molecule has 4 rings (SSSR count). The van der Waals surface area contributed by atoms with Gasteiger partial charge in [0, 0.05) is 29.4 Å². The largest absolute Gasteiger partial charge is 0.353 e. The molecule has 4 heteroatoms. The van der Waals surface area contributed by atoms with Crippen molar-refractivity contribution in [1.29, 1.82) is 0 Å². The number of benzene rings is 1. The molecule has 0 saturated heterocycles. The molecule has 0 unspecified atom stereocenters. The number of aromatic amines is 1. The summed E-state index contributed by atoms with van der Waals surface area (Å²) in [6.45, 7) is 2.10. The SMILES string of the molecule is Cc1ccccc1-c1cnc2[nH]cc(CC(=O)NC3CC3)c2c1. The summed E-state index contributed by atoms with van der Waals surface area (Å²) in [7, 11) is 0. The number of H-pyrrole nitrogens is 1. The first-order valence-corrected chi connectivity index (χ1v) is 8.02. The van der Waals surface area contributed by atoms with Gasteiger partial charge < -0.3 is 10.3 Å². The predicted octanol–water partition coefficient (Wildman–Crippen LogP) is 3.36. The van der Waals surface area contributed by atoms with Gasteiger partial charge >= 0.3 is 0 Å². The quantitative estimate of drug-likeness (QED) is 0.776. The number of rotatable bonds is 4. The fourth-order valence-electron chi connectivity index (χ4n) is 2.93. The molecule has 2 aromatic heterocycles. The van der Waals surface area contributed by atoms with Crippen LogP contribution in [0, 0.1) is 6.92 Å². The monoisotopic (exact) mass is 305 g/mol. The Morgan fingerprint density at radius 1 is 1.35 bits per heavy atom. The number of nitrogens with one attached hydrogen (secondary N) is 2. The van der Waals surface area contributed by atoms with E-state index in [9.17, 15) is 4.79 Å². The molecule has 0 bridgehead atoms. The maximum Gasteiger partial charge on any atom is 0.224 e. The molecule has 116 valence electrons. The van der Waals surface area contributed by atoms with E-state index in [0.717, 1.165) is 35.0 Å². The summed E-state index contributed by atoms with van der Waals surface area (Å²) >= 11 is 0. The van der Waals surface area contributed by atoms with Crippen LogP contribution in [-0.4, -0.2) is 21.9 Å². The lowest BCUT2D eigenvalue weighted by molar-refractivity contribution is -0.120. The molecule has 1 fully saturated rings. The second-order valence-corrected chi connectivity index (χ2v) is 6.27. The average molecular weight is 305 g/mol. The van der Waals surface area contributed by atoms with Gasteiger partial charge in [0.2, 0.25) is 5.91 Å². The van der Waals surface area contributed by atoms with E-state index in [-0.39, 0.29) is 5.91 Å². The van der Waals surface area contributed by atoms with Crippen LogP contribution in [0.3, 0.4) is 0 Å². The highest BCUT2D eigenvalue weighted by Crippen LogP contribution is 2.27. The van der Waals surface area contributed by atoms with Crippen molar-refractivity contribution >= 4 is 16.9 Å². The van der Waals surface area contributed by atoms with Crippen LogP contribution in [0.2, 0.25) is 0 Å². The number of aromatic nitrogens is 2. The Hall–Kier alpha value is -2.62. The van der Waals surface area contributed by atoms with E-state index in [0.29, 0.717) is 12.5 Å². The minimum atomic E-state index is 0.0923. The van der Waals surface area contributed by atoms with Crippen LogP contribution < -0.4 is 5.32 Å². The Morgan fingerprint density at radius 2 is 2.17 bits per heavy atom. The van der Waals surface area contributed by atoms with Gasteiger partial charge in [0.15, 0.2) is 0 Å². The second kappa shape index (κ2) is 5.54. The van der Waals surface area contributed by atoms with E-state index in [4.69, 9.17) is 0 Å². The second-order valence-electron chi connectivity index (χ2n) is 6.27. The van der Waals surface area contributed by atoms with E-state index in [1.54, 1.807) is 0 Å². The Labute approximate surface area is 134 Å². The average Bonchev–Trinajstić information content (AvgIpc) is 3.27. The Bertz CT molecular complexity index is 877. The normalized spacial score (nSPS) is 14.1. The van der Waals surface area contributed by atoms with Crippen LogP contribution in [0.15, 0.2) is 42.7 Å². The molecule has 0 aliphatic heterocycles. The fraction of sp³-hybridized carbons (Fsp3) is 0.263. The molecule has 1 saturated carbocycles. The zero-order chi connectivity index (χ0) is 15.8.